The van der Waals surface area contributed by atoms with Crippen LogP contribution in [0.15, 0.2) is 59.5 Å². The fourth-order valence-electron chi connectivity index (χ4n) is 2.18. The molecule has 2 aromatic carbocycles. The van der Waals surface area contributed by atoms with Crippen LogP contribution in [0.25, 0.3) is 0 Å². The van der Waals surface area contributed by atoms with Gasteiger partial charge in [-0.2, -0.15) is 0 Å². The van der Waals surface area contributed by atoms with Gasteiger partial charge in [-0.25, -0.2) is 4.79 Å². The zero-order valence-corrected chi connectivity index (χ0v) is 13.1. The van der Waals surface area contributed by atoms with Crippen LogP contribution in [0.2, 0.25) is 0 Å². The Morgan fingerprint density at radius 2 is 1.91 bits per heavy atom. The Labute approximate surface area is 138 Å². The Kier molecular flexibility index (Phi) is 4.83. The molecule has 0 saturated carbocycles. The van der Waals surface area contributed by atoms with E-state index in [1.54, 1.807) is 0 Å². The lowest BCUT2D eigenvalue weighted by atomic mass is 10.2. The smallest absolute Gasteiger partial charge is 0.408 e. The van der Waals surface area contributed by atoms with Crippen LogP contribution in [-0.4, -0.2) is 23.8 Å². The molecule has 0 spiro atoms. The van der Waals surface area contributed by atoms with Crippen LogP contribution in [0.4, 0.5) is 10.5 Å². The van der Waals surface area contributed by atoms with Gasteiger partial charge in [0, 0.05) is 10.6 Å². The van der Waals surface area contributed by atoms with E-state index in [1.165, 1.54) is 11.8 Å². The number of para-hydroxylation sites is 1. The van der Waals surface area contributed by atoms with Gasteiger partial charge in [0.2, 0.25) is 5.91 Å². The number of benzene rings is 2. The Hall–Kier alpha value is -2.47. The summed E-state index contributed by atoms with van der Waals surface area (Å²) in [6.45, 7) is 0.175. The van der Waals surface area contributed by atoms with Gasteiger partial charge in [-0.3, -0.25) is 4.79 Å². The van der Waals surface area contributed by atoms with Crippen molar-refractivity contribution in [1.29, 1.82) is 0 Å². The van der Waals surface area contributed by atoms with Crippen molar-refractivity contribution in [2.75, 3.05) is 11.1 Å². The first kappa shape index (κ1) is 15.4. The summed E-state index contributed by atoms with van der Waals surface area (Å²) in [5.74, 6) is 0.225. The van der Waals surface area contributed by atoms with Gasteiger partial charge in [-0.05, 0) is 17.7 Å². The van der Waals surface area contributed by atoms with Gasteiger partial charge < -0.3 is 15.4 Å². The van der Waals surface area contributed by atoms with Crippen molar-refractivity contribution in [3.63, 3.8) is 0 Å². The number of carbonyl (C=O) groups is 2. The van der Waals surface area contributed by atoms with Crippen LogP contribution in [-0.2, 0) is 16.1 Å². The highest BCUT2D eigenvalue weighted by Gasteiger charge is 2.25. The predicted octanol–water partition coefficient (Wildman–Crippen LogP) is 3.03. The zero-order chi connectivity index (χ0) is 16.1. The van der Waals surface area contributed by atoms with E-state index in [1.807, 2.05) is 54.6 Å². The maximum atomic E-state index is 12.2. The third-order valence-electron chi connectivity index (χ3n) is 3.37. The molecule has 6 heteroatoms. The van der Waals surface area contributed by atoms with E-state index in [2.05, 4.69) is 10.6 Å². The summed E-state index contributed by atoms with van der Waals surface area (Å²) in [5.41, 5.74) is 1.67. The molecule has 0 aliphatic carbocycles. The van der Waals surface area contributed by atoms with Crippen molar-refractivity contribution in [3.8, 4) is 0 Å². The number of rotatable bonds is 3. The third-order valence-corrected chi connectivity index (χ3v) is 4.54. The molecule has 2 amide bonds. The molecule has 0 fully saturated rings. The summed E-state index contributed by atoms with van der Waals surface area (Å²) in [4.78, 5) is 25.1. The minimum absolute atomic E-state index is 0.175. The summed E-state index contributed by atoms with van der Waals surface area (Å²) in [6, 6.07) is 16.3. The maximum absolute atomic E-state index is 12.2. The van der Waals surface area contributed by atoms with Crippen LogP contribution in [0, 0.1) is 0 Å². The number of thioether (sulfide) groups is 1. The molecule has 0 unspecified atom stereocenters. The summed E-state index contributed by atoms with van der Waals surface area (Å²) < 4.78 is 5.16. The molecule has 2 N–H and O–H groups in total. The summed E-state index contributed by atoms with van der Waals surface area (Å²) in [7, 11) is 0. The quantitative estimate of drug-likeness (QED) is 0.909. The van der Waals surface area contributed by atoms with Gasteiger partial charge in [0.05, 0.1) is 5.69 Å². The lowest BCUT2D eigenvalue weighted by molar-refractivity contribution is -0.117. The Morgan fingerprint density at radius 1 is 1.17 bits per heavy atom. The van der Waals surface area contributed by atoms with E-state index in [4.69, 9.17) is 4.74 Å². The molecule has 1 aliphatic rings. The Morgan fingerprint density at radius 3 is 2.74 bits per heavy atom. The Bertz CT molecular complexity index is 706. The van der Waals surface area contributed by atoms with E-state index in [9.17, 15) is 9.59 Å². The minimum atomic E-state index is -0.629. The number of hydrogen-bond donors (Lipinski definition) is 2. The van der Waals surface area contributed by atoms with Crippen LogP contribution >= 0.6 is 11.8 Å². The van der Waals surface area contributed by atoms with Gasteiger partial charge in [0.25, 0.3) is 0 Å². The number of nitrogens with one attached hydrogen (secondary N) is 2. The fourth-order valence-corrected chi connectivity index (χ4v) is 3.21. The van der Waals surface area contributed by atoms with E-state index in [-0.39, 0.29) is 12.5 Å². The van der Waals surface area contributed by atoms with Crippen LogP contribution in [0.3, 0.4) is 0 Å². The molecule has 0 radical (unpaired) electrons. The van der Waals surface area contributed by atoms with Crippen molar-refractivity contribution in [3.05, 3.63) is 60.2 Å². The summed E-state index contributed by atoms with van der Waals surface area (Å²) in [5, 5.41) is 5.44. The molecular weight excluding hydrogens is 312 g/mol. The molecule has 3 rings (SSSR count). The zero-order valence-electron chi connectivity index (χ0n) is 12.3. The third kappa shape index (κ3) is 4.04. The normalized spacial score (nSPS) is 16.7. The molecule has 118 valence electrons. The van der Waals surface area contributed by atoms with Gasteiger partial charge in [-0.1, -0.05) is 42.5 Å². The first-order valence-corrected chi connectivity index (χ1v) is 8.21. The predicted molar refractivity (Wildman–Crippen MR) is 89.3 cm³/mol. The molecule has 0 aromatic heterocycles. The van der Waals surface area contributed by atoms with E-state index in [0.29, 0.717) is 5.75 Å². The SMILES string of the molecule is O=C(N[C@H]1CSc2ccccc2NC1=O)OCc1ccccc1. The number of amides is 2. The summed E-state index contributed by atoms with van der Waals surface area (Å²) in [6.07, 6.45) is -0.597. The second-order valence-electron chi connectivity index (χ2n) is 5.06. The molecular formula is C17H16N2O3S. The topological polar surface area (TPSA) is 67.4 Å². The molecule has 23 heavy (non-hydrogen) atoms. The second-order valence-corrected chi connectivity index (χ2v) is 6.12. The van der Waals surface area contributed by atoms with Crippen LogP contribution in [0.1, 0.15) is 5.56 Å². The van der Waals surface area contributed by atoms with E-state index in [0.717, 1.165) is 16.1 Å². The first-order valence-electron chi connectivity index (χ1n) is 7.22. The molecule has 5 nitrogen and oxygen atoms in total. The van der Waals surface area contributed by atoms with E-state index < -0.39 is 12.1 Å². The lowest BCUT2D eigenvalue weighted by Crippen LogP contribution is -2.44. The summed E-state index contributed by atoms with van der Waals surface area (Å²) >= 11 is 1.52. The standard InChI is InChI=1S/C17H16N2O3S/c20-16-14(11-23-15-9-5-4-8-13(15)18-16)19-17(21)22-10-12-6-2-1-3-7-12/h1-9,14H,10-11H2,(H,18,20)(H,19,21)/t14-/m0/s1. The highest BCUT2D eigenvalue weighted by molar-refractivity contribution is 7.99. The highest BCUT2D eigenvalue weighted by atomic mass is 32.2. The van der Waals surface area contributed by atoms with Crippen LogP contribution < -0.4 is 10.6 Å². The van der Waals surface area contributed by atoms with Gasteiger partial charge in [0.15, 0.2) is 0 Å². The van der Waals surface area contributed by atoms with Crippen molar-refractivity contribution in [2.45, 2.75) is 17.5 Å². The number of fused-ring (bicyclic) bond motifs is 1. The molecule has 1 atom stereocenters. The monoisotopic (exact) mass is 328 g/mol. The molecule has 0 saturated heterocycles. The number of anilines is 1. The average Bonchev–Trinajstić information content (AvgIpc) is 2.73. The number of hydrogen-bond acceptors (Lipinski definition) is 4. The number of ether oxygens (including phenoxy) is 1. The number of carbonyl (C=O) groups excluding carboxylic acids is 2. The molecule has 0 bridgehead atoms. The Balaban J connectivity index is 1.56. The van der Waals surface area contributed by atoms with Crippen molar-refractivity contribution >= 4 is 29.4 Å². The van der Waals surface area contributed by atoms with Crippen molar-refractivity contribution in [1.82, 2.24) is 5.32 Å². The number of alkyl carbamates (subject to hydrolysis) is 1. The molecule has 2 aromatic rings. The average molecular weight is 328 g/mol. The second kappa shape index (κ2) is 7.19. The fraction of sp³-hybridized carbons (Fsp3) is 0.176. The first-order chi connectivity index (χ1) is 11.2. The van der Waals surface area contributed by atoms with Gasteiger partial charge >= 0.3 is 6.09 Å². The van der Waals surface area contributed by atoms with Crippen LogP contribution in [0.5, 0.6) is 0 Å². The van der Waals surface area contributed by atoms with Crippen molar-refractivity contribution in [2.24, 2.45) is 0 Å². The molecule has 1 heterocycles. The lowest BCUT2D eigenvalue weighted by Gasteiger charge is -2.14. The van der Waals surface area contributed by atoms with Gasteiger partial charge in [0.1, 0.15) is 12.6 Å². The molecule has 1 aliphatic heterocycles. The highest BCUT2D eigenvalue weighted by Crippen LogP contribution is 2.30. The minimum Gasteiger partial charge on any atom is -0.445 e. The van der Waals surface area contributed by atoms with E-state index >= 15 is 0 Å². The van der Waals surface area contributed by atoms with Gasteiger partial charge in [-0.15, -0.1) is 11.8 Å². The maximum Gasteiger partial charge on any atom is 0.408 e. The van der Waals surface area contributed by atoms with Crippen molar-refractivity contribution < 1.29 is 14.3 Å². The largest absolute Gasteiger partial charge is 0.445 e.